The summed E-state index contributed by atoms with van der Waals surface area (Å²) in [6.45, 7) is 1.87. The largest absolute Gasteiger partial charge is 0.370 e. The Balaban J connectivity index is 1.60. The standard InChI is InChI=1S/C17H21FN4OS/c18-14-6-3-12(4-7-14)10-16-20-21-17(24-16)22-9-1-2-13(11-22)5-8-15(19)23/h3-4,6-7,13H,1-2,5,8-11H2,(H2,19,23)/t13-/m0/s1. The van der Waals surface area contributed by atoms with Crippen LogP contribution in [0.1, 0.15) is 36.3 Å². The van der Waals surface area contributed by atoms with Crippen LogP contribution in [-0.4, -0.2) is 29.2 Å². The fourth-order valence-electron chi connectivity index (χ4n) is 3.04. The van der Waals surface area contributed by atoms with E-state index in [-0.39, 0.29) is 11.7 Å². The third-order valence-electron chi connectivity index (χ3n) is 4.31. The van der Waals surface area contributed by atoms with Gasteiger partial charge in [0.2, 0.25) is 11.0 Å². The van der Waals surface area contributed by atoms with Crippen LogP contribution in [0.3, 0.4) is 0 Å². The van der Waals surface area contributed by atoms with Crippen molar-refractivity contribution in [2.45, 2.75) is 32.1 Å². The molecule has 2 N–H and O–H groups in total. The summed E-state index contributed by atoms with van der Waals surface area (Å²) in [6.07, 6.45) is 4.18. The molecule has 0 unspecified atom stereocenters. The van der Waals surface area contributed by atoms with E-state index in [1.54, 1.807) is 23.5 Å². The lowest BCUT2D eigenvalue weighted by Gasteiger charge is -2.32. The van der Waals surface area contributed by atoms with E-state index >= 15 is 0 Å². The van der Waals surface area contributed by atoms with E-state index < -0.39 is 0 Å². The molecule has 0 radical (unpaired) electrons. The van der Waals surface area contributed by atoms with Gasteiger partial charge in [-0.05, 0) is 42.9 Å². The Kier molecular flexibility index (Phi) is 5.40. The van der Waals surface area contributed by atoms with Crippen molar-refractivity contribution in [3.8, 4) is 0 Å². The van der Waals surface area contributed by atoms with Crippen LogP contribution in [0, 0.1) is 11.7 Å². The quantitative estimate of drug-likeness (QED) is 0.871. The van der Waals surface area contributed by atoms with Gasteiger partial charge in [0.25, 0.3) is 0 Å². The number of hydrogen-bond donors (Lipinski definition) is 1. The van der Waals surface area contributed by atoms with Crippen LogP contribution in [0.15, 0.2) is 24.3 Å². The lowest BCUT2D eigenvalue weighted by molar-refractivity contribution is -0.118. The number of nitrogens with zero attached hydrogens (tertiary/aromatic N) is 3. The highest BCUT2D eigenvalue weighted by Gasteiger charge is 2.23. The molecule has 0 bridgehead atoms. The van der Waals surface area contributed by atoms with E-state index in [1.807, 2.05) is 0 Å². The van der Waals surface area contributed by atoms with Gasteiger partial charge in [-0.3, -0.25) is 4.79 Å². The van der Waals surface area contributed by atoms with Gasteiger partial charge in [0.1, 0.15) is 10.8 Å². The molecule has 1 aromatic carbocycles. The first-order valence-corrected chi connectivity index (χ1v) is 9.02. The van der Waals surface area contributed by atoms with Crippen LogP contribution in [-0.2, 0) is 11.2 Å². The van der Waals surface area contributed by atoms with Gasteiger partial charge >= 0.3 is 0 Å². The van der Waals surface area contributed by atoms with Gasteiger partial charge in [0.05, 0.1) is 0 Å². The third kappa shape index (κ3) is 4.50. The molecular weight excluding hydrogens is 327 g/mol. The maximum Gasteiger partial charge on any atom is 0.217 e. The first-order valence-electron chi connectivity index (χ1n) is 8.20. The van der Waals surface area contributed by atoms with Crippen molar-refractivity contribution in [1.82, 2.24) is 10.2 Å². The lowest BCUT2D eigenvalue weighted by Crippen LogP contribution is -2.35. The van der Waals surface area contributed by atoms with Crippen molar-refractivity contribution in [1.29, 1.82) is 0 Å². The zero-order valence-electron chi connectivity index (χ0n) is 13.4. The monoisotopic (exact) mass is 348 g/mol. The van der Waals surface area contributed by atoms with Crippen LogP contribution in [0.4, 0.5) is 9.52 Å². The molecule has 1 atom stereocenters. The van der Waals surface area contributed by atoms with Gasteiger partial charge in [-0.1, -0.05) is 23.5 Å². The average molecular weight is 348 g/mol. The first kappa shape index (κ1) is 16.8. The summed E-state index contributed by atoms with van der Waals surface area (Å²) in [6, 6.07) is 6.48. The van der Waals surface area contributed by atoms with Crippen LogP contribution < -0.4 is 10.6 Å². The number of benzene rings is 1. The van der Waals surface area contributed by atoms with E-state index in [1.165, 1.54) is 12.1 Å². The molecule has 1 saturated heterocycles. The second-order valence-corrected chi connectivity index (χ2v) is 7.28. The van der Waals surface area contributed by atoms with Crippen LogP contribution >= 0.6 is 11.3 Å². The van der Waals surface area contributed by atoms with Crippen molar-refractivity contribution in [2.24, 2.45) is 11.7 Å². The summed E-state index contributed by atoms with van der Waals surface area (Å²) < 4.78 is 13.0. The number of aromatic nitrogens is 2. The number of amides is 1. The molecule has 1 amide bonds. The maximum absolute atomic E-state index is 13.0. The zero-order chi connectivity index (χ0) is 16.9. The fraction of sp³-hybridized carbons (Fsp3) is 0.471. The molecule has 7 heteroatoms. The Bertz CT molecular complexity index is 688. The summed E-state index contributed by atoms with van der Waals surface area (Å²) in [5.74, 6) is 0.0207. The Morgan fingerprint density at radius 2 is 2.12 bits per heavy atom. The summed E-state index contributed by atoms with van der Waals surface area (Å²) in [5.41, 5.74) is 6.27. The van der Waals surface area contributed by atoms with Gasteiger partial charge in [0, 0.05) is 25.9 Å². The number of carbonyl (C=O) groups excluding carboxylic acids is 1. The number of carbonyl (C=O) groups is 1. The SMILES string of the molecule is NC(=O)CC[C@@H]1CCCN(c2nnc(Cc3ccc(F)cc3)s2)C1. The Labute approximate surface area is 144 Å². The minimum atomic E-state index is -0.232. The molecule has 1 fully saturated rings. The average Bonchev–Trinajstić information content (AvgIpc) is 3.04. The smallest absolute Gasteiger partial charge is 0.217 e. The summed E-state index contributed by atoms with van der Waals surface area (Å²) >= 11 is 1.58. The number of rotatable bonds is 6. The number of piperidine rings is 1. The Morgan fingerprint density at radius 1 is 1.33 bits per heavy atom. The number of halogens is 1. The predicted octanol–water partition coefficient (Wildman–Crippen LogP) is 2.75. The van der Waals surface area contributed by atoms with Gasteiger partial charge in [-0.25, -0.2) is 4.39 Å². The molecule has 0 aliphatic carbocycles. The van der Waals surface area contributed by atoms with Crippen molar-refractivity contribution < 1.29 is 9.18 Å². The molecule has 0 spiro atoms. The minimum absolute atomic E-state index is 0.230. The molecule has 24 heavy (non-hydrogen) atoms. The molecule has 2 heterocycles. The molecule has 1 aromatic heterocycles. The second kappa shape index (κ2) is 7.70. The lowest BCUT2D eigenvalue weighted by atomic mass is 9.93. The Morgan fingerprint density at radius 3 is 2.88 bits per heavy atom. The number of primary amides is 1. The van der Waals surface area contributed by atoms with Gasteiger partial charge < -0.3 is 10.6 Å². The first-order chi connectivity index (χ1) is 11.6. The van der Waals surface area contributed by atoms with Crippen molar-refractivity contribution in [3.63, 3.8) is 0 Å². The number of nitrogens with two attached hydrogens (primary N) is 1. The molecular formula is C17H21FN4OS. The Hall–Kier alpha value is -2.02. The van der Waals surface area contributed by atoms with Crippen LogP contribution in [0.2, 0.25) is 0 Å². The summed E-state index contributed by atoms with van der Waals surface area (Å²) in [5, 5.41) is 10.4. The highest BCUT2D eigenvalue weighted by molar-refractivity contribution is 7.15. The van der Waals surface area contributed by atoms with Crippen molar-refractivity contribution in [2.75, 3.05) is 18.0 Å². The molecule has 1 aliphatic heterocycles. The molecule has 2 aromatic rings. The summed E-state index contributed by atoms with van der Waals surface area (Å²) in [4.78, 5) is 13.2. The highest BCUT2D eigenvalue weighted by Crippen LogP contribution is 2.28. The maximum atomic E-state index is 13.0. The zero-order valence-corrected chi connectivity index (χ0v) is 14.3. The molecule has 5 nitrogen and oxygen atoms in total. The number of hydrogen-bond acceptors (Lipinski definition) is 5. The minimum Gasteiger partial charge on any atom is -0.370 e. The van der Waals surface area contributed by atoms with Gasteiger partial charge in [0.15, 0.2) is 0 Å². The molecule has 3 rings (SSSR count). The van der Waals surface area contributed by atoms with E-state index in [9.17, 15) is 9.18 Å². The predicted molar refractivity (Wildman–Crippen MR) is 92.5 cm³/mol. The van der Waals surface area contributed by atoms with E-state index in [0.29, 0.717) is 18.8 Å². The summed E-state index contributed by atoms with van der Waals surface area (Å²) in [7, 11) is 0. The highest BCUT2D eigenvalue weighted by atomic mass is 32.1. The van der Waals surface area contributed by atoms with E-state index in [4.69, 9.17) is 5.73 Å². The normalized spacial score (nSPS) is 17.9. The van der Waals surface area contributed by atoms with Gasteiger partial charge in [-0.15, -0.1) is 10.2 Å². The topological polar surface area (TPSA) is 72.1 Å². The molecule has 0 saturated carbocycles. The third-order valence-corrected chi connectivity index (χ3v) is 5.30. The van der Waals surface area contributed by atoms with Crippen molar-refractivity contribution in [3.05, 3.63) is 40.7 Å². The number of anilines is 1. The second-order valence-electron chi connectivity index (χ2n) is 6.24. The van der Waals surface area contributed by atoms with Crippen LogP contribution in [0.5, 0.6) is 0 Å². The van der Waals surface area contributed by atoms with E-state index in [2.05, 4.69) is 15.1 Å². The van der Waals surface area contributed by atoms with Crippen LogP contribution in [0.25, 0.3) is 0 Å². The van der Waals surface area contributed by atoms with Gasteiger partial charge in [-0.2, -0.15) is 0 Å². The fourth-order valence-corrected chi connectivity index (χ4v) is 3.95. The van der Waals surface area contributed by atoms with E-state index in [0.717, 1.165) is 48.1 Å². The molecule has 128 valence electrons. The van der Waals surface area contributed by atoms with Crippen molar-refractivity contribution >= 4 is 22.4 Å². The molecule has 1 aliphatic rings.